The Kier molecular flexibility index (Phi) is 4.87. The molecule has 6 heteroatoms. The van der Waals surface area contributed by atoms with Gasteiger partial charge in [-0.3, -0.25) is 0 Å². The molecule has 0 unspecified atom stereocenters. The number of nitrogens with zero attached hydrogens (tertiary/aromatic N) is 1. The van der Waals surface area contributed by atoms with Gasteiger partial charge in [0, 0.05) is 23.0 Å². The van der Waals surface area contributed by atoms with Crippen LogP contribution in [-0.4, -0.2) is 17.1 Å². The van der Waals surface area contributed by atoms with E-state index in [1.807, 2.05) is 6.07 Å². The van der Waals surface area contributed by atoms with Crippen LogP contribution < -0.4 is 5.32 Å². The van der Waals surface area contributed by atoms with Gasteiger partial charge >= 0.3 is 0 Å². The number of hydrogen-bond donors (Lipinski definition) is 1. The van der Waals surface area contributed by atoms with Gasteiger partial charge in [-0.1, -0.05) is 0 Å². The highest BCUT2D eigenvalue weighted by Crippen LogP contribution is 2.38. The van der Waals surface area contributed by atoms with Crippen molar-refractivity contribution in [2.24, 2.45) is 0 Å². The average Bonchev–Trinajstić information content (AvgIpc) is 2.85. The molecule has 104 valence electrons. The normalized spacial score (nSPS) is 12.1. The number of nitrogens with one attached hydrogen (secondary N) is 1. The minimum atomic E-state index is 0.124. The molecule has 0 aliphatic heterocycles. The van der Waals surface area contributed by atoms with E-state index in [1.54, 1.807) is 17.5 Å². The van der Waals surface area contributed by atoms with Gasteiger partial charge in [-0.25, -0.2) is 4.98 Å². The lowest BCUT2D eigenvalue weighted by molar-refractivity contribution is 0.412. The van der Waals surface area contributed by atoms with Gasteiger partial charge in [0.15, 0.2) is 11.7 Å². The Hall–Kier alpha value is -0.170. The van der Waals surface area contributed by atoms with Crippen LogP contribution in [-0.2, 0) is 6.42 Å². The molecular formula is C13H16Br2N2OS. The summed E-state index contributed by atoms with van der Waals surface area (Å²) in [5.74, 6) is 1.59. The average molecular weight is 408 g/mol. The molecule has 0 aromatic carbocycles. The van der Waals surface area contributed by atoms with Crippen molar-refractivity contribution in [3.8, 4) is 10.6 Å². The van der Waals surface area contributed by atoms with E-state index >= 15 is 0 Å². The number of aromatic nitrogens is 1. The summed E-state index contributed by atoms with van der Waals surface area (Å²) >= 11 is 8.59. The Morgan fingerprint density at radius 2 is 2.11 bits per heavy atom. The zero-order chi connectivity index (χ0) is 14.0. The van der Waals surface area contributed by atoms with Crippen LogP contribution in [0.1, 0.15) is 26.7 Å². The van der Waals surface area contributed by atoms with Gasteiger partial charge in [0.25, 0.3) is 0 Å². The van der Waals surface area contributed by atoms with E-state index in [9.17, 15) is 0 Å². The maximum Gasteiger partial charge on any atom is 0.196 e. The first kappa shape index (κ1) is 15.2. The molecule has 3 nitrogen and oxygen atoms in total. The second-order valence-electron chi connectivity index (χ2n) is 5.28. The zero-order valence-electron chi connectivity index (χ0n) is 11.1. The summed E-state index contributed by atoms with van der Waals surface area (Å²) in [5.41, 5.74) is 0.124. The lowest BCUT2D eigenvalue weighted by atomic mass is 10.1. The molecule has 0 amide bonds. The summed E-state index contributed by atoms with van der Waals surface area (Å²) < 4.78 is 7.88. The summed E-state index contributed by atoms with van der Waals surface area (Å²) in [4.78, 5) is 5.39. The van der Waals surface area contributed by atoms with Crippen molar-refractivity contribution >= 4 is 43.2 Å². The van der Waals surface area contributed by atoms with E-state index in [2.05, 4.69) is 62.9 Å². The fraction of sp³-hybridized carbons (Fsp3) is 0.462. The zero-order valence-corrected chi connectivity index (χ0v) is 15.1. The molecule has 0 aliphatic rings. The van der Waals surface area contributed by atoms with Gasteiger partial charge in [0.2, 0.25) is 0 Å². The maximum absolute atomic E-state index is 5.77. The van der Waals surface area contributed by atoms with E-state index in [1.165, 1.54) is 0 Å². The summed E-state index contributed by atoms with van der Waals surface area (Å²) in [7, 11) is 0. The Bertz CT molecular complexity index is 538. The van der Waals surface area contributed by atoms with E-state index < -0.39 is 0 Å². The number of hydrogen-bond acceptors (Lipinski definition) is 4. The second-order valence-corrected chi connectivity index (χ2v) is 8.50. The Morgan fingerprint density at radius 3 is 2.68 bits per heavy atom. The van der Waals surface area contributed by atoms with Gasteiger partial charge < -0.3 is 9.73 Å². The van der Waals surface area contributed by atoms with E-state index in [-0.39, 0.29) is 5.54 Å². The van der Waals surface area contributed by atoms with Crippen LogP contribution in [0.25, 0.3) is 10.6 Å². The van der Waals surface area contributed by atoms with Crippen molar-refractivity contribution in [2.45, 2.75) is 32.7 Å². The van der Waals surface area contributed by atoms with Gasteiger partial charge in [-0.05, 0) is 58.7 Å². The van der Waals surface area contributed by atoms with E-state index in [4.69, 9.17) is 4.42 Å². The van der Waals surface area contributed by atoms with Crippen LogP contribution in [0.5, 0.6) is 0 Å². The molecule has 0 saturated carbocycles. The minimum Gasteiger partial charge on any atom is -0.440 e. The molecule has 19 heavy (non-hydrogen) atoms. The largest absolute Gasteiger partial charge is 0.440 e. The van der Waals surface area contributed by atoms with Crippen molar-refractivity contribution < 1.29 is 4.42 Å². The van der Waals surface area contributed by atoms with Crippen LogP contribution in [0.2, 0.25) is 0 Å². The molecule has 0 saturated heterocycles. The van der Waals surface area contributed by atoms with E-state index in [0.29, 0.717) is 0 Å². The summed E-state index contributed by atoms with van der Waals surface area (Å²) in [6.07, 6.45) is 2.59. The first-order valence-electron chi connectivity index (χ1n) is 6.00. The fourth-order valence-corrected chi connectivity index (χ4v) is 3.53. The molecule has 0 aliphatic carbocycles. The molecular weight excluding hydrogens is 392 g/mol. The van der Waals surface area contributed by atoms with Crippen molar-refractivity contribution in [1.82, 2.24) is 10.3 Å². The lowest BCUT2D eigenvalue weighted by Crippen LogP contribution is -2.37. The number of oxazole rings is 1. The molecule has 0 spiro atoms. The van der Waals surface area contributed by atoms with Crippen LogP contribution in [0, 0.1) is 0 Å². The van der Waals surface area contributed by atoms with Crippen molar-refractivity contribution in [1.29, 1.82) is 0 Å². The van der Waals surface area contributed by atoms with Crippen LogP contribution in [0.4, 0.5) is 0 Å². The third-order valence-corrected chi connectivity index (χ3v) is 5.71. The monoisotopic (exact) mass is 406 g/mol. The highest BCUT2D eigenvalue weighted by molar-refractivity contribution is 9.13. The van der Waals surface area contributed by atoms with Gasteiger partial charge in [-0.2, -0.15) is 0 Å². The summed E-state index contributed by atoms with van der Waals surface area (Å²) in [6.45, 7) is 7.30. The molecule has 0 fully saturated rings. The predicted octanol–water partition coefficient (Wildman–Crippen LogP) is 4.86. The van der Waals surface area contributed by atoms with Gasteiger partial charge in [0.05, 0.1) is 14.9 Å². The molecule has 1 N–H and O–H groups in total. The lowest BCUT2D eigenvalue weighted by Gasteiger charge is -2.19. The highest BCUT2D eigenvalue weighted by Gasteiger charge is 2.12. The topological polar surface area (TPSA) is 38.1 Å². The maximum atomic E-state index is 5.77. The van der Waals surface area contributed by atoms with E-state index in [0.717, 1.165) is 37.8 Å². The summed E-state index contributed by atoms with van der Waals surface area (Å²) in [5, 5.41) is 3.42. The molecule has 0 atom stereocenters. The van der Waals surface area contributed by atoms with Crippen LogP contribution in [0.15, 0.2) is 24.9 Å². The first-order chi connectivity index (χ1) is 8.85. The quantitative estimate of drug-likeness (QED) is 0.786. The van der Waals surface area contributed by atoms with Crippen molar-refractivity contribution in [3.05, 3.63) is 26.4 Å². The standard InChI is InChI=1S/C13H16Br2N2OS/c1-13(2,3)17-5-4-11-16-7-9(18-11)10-6-8(14)12(15)19-10/h6-7,17H,4-5H2,1-3H3. The third kappa shape index (κ3) is 4.41. The second kappa shape index (κ2) is 6.08. The Balaban J connectivity index is 1.99. The molecule has 2 heterocycles. The smallest absolute Gasteiger partial charge is 0.196 e. The van der Waals surface area contributed by atoms with Gasteiger partial charge in [0.1, 0.15) is 0 Å². The molecule has 0 bridgehead atoms. The highest BCUT2D eigenvalue weighted by atomic mass is 79.9. The minimum absolute atomic E-state index is 0.124. The molecule has 2 aromatic heterocycles. The number of halogens is 2. The molecule has 2 aromatic rings. The number of thiophene rings is 1. The number of rotatable bonds is 4. The SMILES string of the molecule is CC(C)(C)NCCc1ncc(-c2cc(Br)c(Br)s2)o1. The van der Waals surface area contributed by atoms with Crippen molar-refractivity contribution in [3.63, 3.8) is 0 Å². The molecule has 2 rings (SSSR count). The third-order valence-electron chi connectivity index (χ3n) is 2.44. The first-order valence-corrected chi connectivity index (χ1v) is 8.40. The van der Waals surface area contributed by atoms with Crippen molar-refractivity contribution in [2.75, 3.05) is 6.54 Å². The predicted molar refractivity (Wildman–Crippen MR) is 86.7 cm³/mol. The van der Waals surface area contributed by atoms with Gasteiger partial charge in [-0.15, -0.1) is 11.3 Å². The molecule has 0 radical (unpaired) electrons. The van der Waals surface area contributed by atoms with Crippen LogP contribution in [0.3, 0.4) is 0 Å². The van der Waals surface area contributed by atoms with Crippen LogP contribution >= 0.6 is 43.2 Å². The Morgan fingerprint density at radius 1 is 1.37 bits per heavy atom. The fourth-order valence-electron chi connectivity index (χ4n) is 1.55. The Labute approximate surface area is 134 Å². The summed E-state index contributed by atoms with van der Waals surface area (Å²) in [6, 6.07) is 2.03.